The molecule has 4 rings (SSSR count). The largest absolute Gasteiger partial charge is 0.492 e. The van der Waals surface area contributed by atoms with Gasteiger partial charge < -0.3 is 14.8 Å². The van der Waals surface area contributed by atoms with Crippen molar-refractivity contribution in [2.45, 2.75) is 57.0 Å². The van der Waals surface area contributed by atoms with Crippen LogP contribution in [-0.4, -0.2) is 40.1 Å². The molecule has 1 aliphatic heterocycles. The van der Waals surface area contributed by atoms with Gasteiger partial charge >= 0.3 is 0 Å². The Kier molecular flexibility index (Phi) is 8.31. The molecule has 1 amide bonds. The highest BCUT2D eigenvalue weighted by Gasteiger charge is 2.38. The van der Waals surface area contributed by atoms with E-state index in [1.165, 1.54) is 9.87 Å². The van der Waals surface area contributed by atoms with E-state index in [1.54, 1.807) is 36.4 Å². The molecule has 0 aromatic heterocycles. The number of amides is 1. The average molecular weight is 537 g/mol. The fourth-order valence-corrected chi connectivity index (χ4v) is 5.79. The summed E-state index contributed by atoms with van der Waals surface area (Å²) in [5, 5.41) is 2.82. The lowest BCUT2D eigenvalue weighted by atomic mass is 9.86. The molecule has 0 saturated carbocycles. The Morgan fingerprint density at radius 3 is 2.42 bits per heavy atom. The normalized spacial score (nSPS) is 15.4. The zero-order valence-electron chi connectivity index (χ0n) is 22.4. The van der Waals surface area contributed by atoms with Crippen molar-refractivity contribution in [3.8, 4) is 11.5 Å². The van der Waals surface area contributed by atoms with Crippen molar-refractivity contribution in [2.75, 3.05) is 24.0 Å². The summed E-state index contributed by atoms with van der Waals surface area (Å²) in [5.41, 5.74) is 2.46. The van der Waals surface area contributed by atoms with E-state index in [-0.39, 0.29) is 30.0 Å². The highest BCUT2D eigenvalue weighted by atomic mass is 32.2. The molecule has 1 aliphatic rings. The highest BCUT2D eigenvalue weighted by Crippen LogP contribution is 2.40. The van der Waals surface area contributed by atoms with Crippen molar-refractivity contribution >= 4 is 21.6 Å². The predicted octanol–water partition coefficient (Wildman–Crippen LogP) is 5.09. The molecule has 3 aromatic carbocycles. The Balaban J connectivity index is 1.48. The number of sulfonamides is 1. The molecule has 0 saturated heterocycles. The van der Waals surface area contributed by atoms with Crippen LogP contribution in [0.1, 0.15) is 45.2 Å². The molecule has 202 valence electrons. The topological polar surface area (TPSA) is 84.9 Å². The van der Waals surface area contributed by atoms with Crippen LogP contribution >= 0.6 is 0 Å². The van der Waals surface area contributed by atoms with Crippen LogP contribution in [0.15, 0.2) is 77.7 Å². The maximum Gasteiger partial charge on any atom is 0.264 e. The number of carbonyl (C=O) groups is 1. The second-order valence-electron chi connectivity index (χ2n) is 10.4. The van der Waals surface area contributed by atoms with Crippen LogP contribution in [0.4, 0.5) is 5.69 Å². The first-order valence-corrected chi connectivity index (χ1v) is 14.4. The summed E-state index contributed by atoms with van der Waals surface area (Å²) < 4.78 is 40.4. The maximum absolute atomic E-state index is 13.7. The number of rotatable bonds is 9. The van der Waals surface area contributed by atoms with Crippen LogP contribution in [0.3, 0.4) is 0 Å². The second kappa shape index (κ2) is 11.5. The Hall–Kier alpha value is -3.52. The van der Waals surface area contributed by atoms with E-state index in [2.05, 4.69) is 33.0 Å². The van der Waals surface area contributed by atoms with Gasteiger partial charge in [-0.3, -0.25) is 9.10 Å². The molecule has 1 heterocycles. The first-order valence-electron chi connectivity index (χ1n) is 13.0. The van der Waals surface area contributed by atoms with Gasteiger partial charge in [0, 0.05) is 0 Å². The summed E-state index contributed by atoms with van der Waals surface area (Å²) in [4.78, 5) is 13.2. The van der Waals surface area contributed by atoms with Crippen LogP contribution in [0.25, 0.3) is 0 Å². The van der Waals surface area contributed by atoms with Crippen molar-refractivity contribution in [2.24, 2.45) is 0 Å². The lowest BCUT2D eigenvalue weighted by Gasteiger charge is -2.36. The molecule has 7 nitrogen and oxygen atoms in total. The first kappa shape index (κ1) is 27.5. The van der Waals surface area contributed by atoms with Crippen LogP contribution in [-0.2, 0) is 26.7 Å². The minimum absolute atomic E-state index is 0.136. The van der Waals surface area contributed by atoms with Gasteiger partial charge in [-0.25, -0.2) is 8.42 Å². The summed E-state index contributed by atoms with van der Waals surface area (Å²) in [5.74, 6) is 0.690. The Bertz CT molecular complexity index is 1350. The third-order valence-corrected chi connectivity index (χ3v) is 8.24. The summed E-state index contributed by atoms with van der Waals surface area (Å²) in [7, 11) is -3.92. The van der Waals surface area contributed by atoms with Gasteiger partial charge in [0.15, 0.2) is 6.10 Å². The van der Waals surface area contributed by atoms with E-state index >= 15 is 0 Å². The zero-order chi connectivity index (χ0) is 27.3. The van der Waals surface area contributed by atoms with Gasteiger partial charge in [0.05, 0.1) is 23.7 Å². The molecule has 0 aliphatic carbocycles. The monoisotopic (exact) mass is 536 g/mol. The number of fused-ring (bicyclic) bond motifs is 1. The van der Waals surface area contributed by atoms with Gasteiger partial charge in [0.1, 0.15) is 18.1 Å². The van der Waals surface area contributed by atoms with Crippen LogP contribution < -0.4 is 19.1 Å². The lowest BCUT2D eigenvalue weighted by Crippen LogP contribution is -2.51. The number of anilines is 1. The average Bonchev–Trinajstić information content (AvgIpc) is 2.91. The van der Waals surface area contributed by atoms with Gasteiger partial charge in [-0.15, -0.1) is 0 Å². The van der Waals surface area contributed by atoms with E-state index in [0.29, 0.717) is 11.4 Å². The number of hydrogen-bond donors (Lipinski definition) is 1. The van der Waals surface area contributed by atoms with Gasteiger partial charge in [0.25, 0.3) is 15.9 Å². The molecule has 0 radical (unpaired) electrons. The van der Waals surface area contributed by atoms with Crippen molar-refractivity contribution < 1.29 is 22.7 Å². The van der Waals surface area contributed by atoms with Crippen molar-refractivity contribution in [1.82, 2.24) is 5.32 Å². The van der Waals surface area contributed by atoms with Gasteiger partial charge in [-0.1, -0.05) is 70.5 Å². The molecule has 0 fully saturated rings. The lowest BCUT2D eigenvalue weighted by molar-refractivity contribution is -0.127. The second-order valence-corrected chi connectivity index (χ2v) is 12.3. The SMILES string of the molecule is CCCc1ccc(OCCNC(=O)C2CN(S(=O)(=O)c3ccccc3)c3cc(C(C)(C)C)ccc3O2)cc1. The van der Waals surface area contributed by atoms with Crippen LogP contribution in [0.5, 0.6) is 11.5 Å². The number of carbonyl (C=O) groups excluding carboxylic acids is 1. The fourth-order valence-electron chi connectivity index (χ4n) is 4.30. The van der Waals surface area contributed by atoms with E-state index in [9.17, 15) is 13.2 Å². The summed E-state index contributed by atoms with van der Waals surface area (Å²) in [6.45, 7) is 8.73. The maximum atomic E-state index is 13.7. The van der Waals surface area contributed by atoms with E-state index in [4.69, 9.17) is 9.47 Å². The van der Waals surface area contributed by atoms with E-state index in [1.807, 2.05) is 36.4 Å². The van der Waals surface area contributed by atoms with Crippen molar-refractivity contribution in [3.05, 3.63) is 83.9 Å². The number of benzene rings is 3. The molecule has 1 unspecified atom stereocenters. The van der Waals surface area contributed by atoms with Gasteiger partial charge in [-0.2, -0.15) is 0 Å². The molecule has 1 N–H and O–H groups in total. The van der Waals surface area contributed by atoms with E-state index < -0.39 is 22.0 Å². The smallest absolute Gasteiger partial charge is 0.264 e. The molecule has 1 atom stereocenters. The minimum atomic E-state index is -3.92. The van der Waals surface area contributed by atoms with Gasteiger partial charge in [0.2, 0.25) is 0 Å². The van der Waals surface area contributed by atoms with Crippen LogP contribution in [0.2, 0.25) is 0 Å². The standard InChI is InChI=1S/C30H36N2O5S/c1-5-9-22-12-15-24(16-13-22)36-19-18-31-29(33)28-21-32(38(34,35)25-10-7-6-8-11-25)26-20-23(30(2,3)4)14-17-27(26)37-28/h6-8,10-17,20,28H,5,9,18-19,21H2,1-4H3,(H,31,33). The summed E-state index contributed by atoms with van der Waals surface area (Å²) in [6, 6.07) is 21.7. The predicted molar refractivity (Wildman–Crippen MR) is 149 cm³/mol. The molecule has 38 heavy (non-hydrogen) atoms. The number of nitrogens with zero attached hydrogens (tertiary/aromatic N) is 1. The summed E-state index contributed by atoms with van der Waals surface area (Å²) >= 11 is 0. The Morgan fingerprint density at radius 2 is 1.76 bits per heavy atom. The third kappa shape index (κ3) is 6.30. The number of hydrogen-bond acceptors (Lipinski definition) is 5. The van der Waals surface area contributed by atoms with Crippen molar-refractivity contribution in [1.29, 1.82) is 0 Å². The molecular weight excluding hydrogens is 500 g/mol. The Morgan fingerprint density at radius 1 is 1.05 bits per heavy atom. The van der Waals surface area contributed by atoms with Crippen LogP contribution in [0, 0.1) is 0 Å². The number of aryl methyl sites for hydroxylation is 1. The highest BCUT2D eigenvalue weighted by molar-refractivity contribution is 7.92. The molecule has 0 bridgehead atoms. The minimum Gasteiger partial charge on any atom is -0.492 e. The fraction of sp³-hybridized carbons (Fsp3) is 0.367. The van der Waals surface area contributed by atoms with Crippen molar-refractivity contribution in [3.63, 3.8) is 0 Å². The molecule has 0 spiro atoms. The molecular formula is C30H36N2O5S. The molecule has 8 heteroatoms. The molecule has 3 aromatic rings. The third-order valence-electron chi connectivity index (χ3n) is 6.45. The number of ether oxygens (including phenoxy) is 2. The number of nitrogens with one attached hydrogen (secondary N) is 1. The first-order chi connectivity index (χ1) is 18.1. The quantitative estimate of drug-likeness (QED) is 0.385. The Labute approximate surface area is 225 Å². The zero-order valence-corrected chi connectivity index (χ0v) is 23.3. The van der Waals surface area contributed by atoms with E-state index in [0.717, 1.165) is 24.2 Å². The summed E-state index contributed by atoms with van der Waals surface area (Å²) in [6.07, 6.45) is 1.10. The van der Waals surface area contributed by atoms with Gasteiger partial charge in [-0.05, 0) is 59.4 Å².